The molecular weight excluding hydrogens is 242 g/mol. The third-order valence-electron chi connectivity index (χ3n) is 3.76. The van der Waals surface area contributed by atoms with Gasteiger partial charge in [-0.15, -0.1) is 0 Å². The van der Waals surface area contributed by atoms with E-state index in [1.165, 1.54) is 7.11 Å². The van der Waals surface area contributed by atoms with Crippen molar-refractivity contribution in [3.8, 4) is 0 Å². The Hall–Kier alpha value is -1.81. The van der Waals surface area contributed by atoms with E-state index in [1.54, 1.807) is 6.26 Å². The molecule has 0 radical (unpaired) electrons. The number of hydrogen-bond donors (Lipinski definition) is 0. The van der Waals surface area contributed by atoms with Crippen LogP contribution >= 0.6 is 0 Å². The van der Waals surface area contributed by atoms with Crippen LogP contribution in [0.2, 0.25) is 0 Å². The number of benzene rings is 1. The van der Waals surface area contributed by atoms with Gasteiger partial charge in [0.15, 0.2) is 0 Å². The van der Waals surface area contributed by atoms with Crippen LogP contribution in [0.3, 0.4) is 0 Å². The van der Waals surface area contributed by atoms with Crippen LogP contribution < -0.4 is 0 Å². The van der Waals surface area contributed by atoms with Gasteiger partial charge in [-0.25, -0.2) is 4.79 Å². The highest BCUT2D eigenvalue weighted by molar-refractivity contribution is 5.88. The van der Waals surface area contributed by atoms with Crippen LogP contribution in [0.1, 0.15) is 24.4 Å². The van der Waals surface area contributed by atoms with Crippen molar-refractivity contribution >= 4 is 16.9 Å². The van der Waals surface area contributed by atoms with Gasteiger partial charge in [-0.2, -0.15) is 0 Å². The first-order valence-electron chi connectivity index (χ1n) is 6.48. The summed E-state index contributed by atoms with van der Waals surface area (Å²) in [7, 11) is 3.40. The van der Waals surface area contributed by atoms with Crippen LogP contribution in [0, 0.1) is 0 Å². The molecule has 1 aliphatic carbocycles. The van der Waals surface area contributed by atoms with Crippen molar-refractivity contribution in [3.05, 3.63) is 36.1 Å². The Balaban J connectivity index is 2.05. The predicted octanol–water partition coefficient (Wildman–Crippen LogP) is 2.74. The largest absolute Gasteiger partial charge is 0.468 e. The number of carbonyl (C=O) groups is 1. The van der Waals surface area contributed by atoms with Crippen molar-refractivity contribution in [1.82, 2.24) is 4.90 Å². The lowest BCUT2D eigenvalue weighted by atomic mass is 10.0. The summed E-state index contributed by atoms with van der Waals surface area (Å²) in [5, 5.41) is 0.977. The molecule has 0 bridgehead atoms. The topological polar surface area (TPSA) is 42.7 Å². The molecule has 1 atom stereocenters. The number of nitrogens with zero attached hydrogens (tertiary/aromatic N) is 1. The van der Waals surface area contributed by atoms with Crippen LogP contribution in [0.4, 0.5) is 0 Å². The lowest BCUT2D eigenvalue weighted by molar-refractivity contribution is -0.147. The van der Waals surface area contributed by atoms with Gasteiger partial charge in [0.1, 0.15) is 11.6 Å². The maximum Gasteiger partial charge on any atom is 0.327 e. The van der Waals surface area contributed by atoms with Gasteiger partial charge in [-0.1, -0.05) is 18.2 Å². The normalized spacial score (nSPS) is 16.8. The molecule has 0 amide bonds. The van der Waals surface area contributed by atoms with Gasteiger partial charge in [0.05, 0.1) is 13.4 Å². The van der Waals surface area contributed by atoms with Crippen LogP contribution in [0.15, 0.2) is 34.9 Å². The number of esters is 1. The van der Waals surface area contributed by atoms with Crippen LogP contribution in [0.5, 0.6) is 0 Å². The molecule has 0 saturated heterocycles. The van der Waals surface area contributed by atoms with E-state index in [4.69, 9.17) is 9.15 Å². The van der Waals surface area contributed by atoms with Crippen molar-refractivity contribution in [2.24, 2.45) is 0 Å². The number of hydrogen-bond acceptors (Lipinski definition) is 4. The highest BCUT2D eigenvalue weighted by Gasteiger charge is 2.37. The highest BCUT2D eigenvalue weighted by Crippen LogP contribution is 2.36. The molecule has 4 nitrogen and oxygen atoms in total. The Kier molecular flexibility index (Phi) is 3.03. The van der Waals surface area contributed by atoms with E-state index in [0.717, 1.165) is 29.4 Å². The van der Waals surface area contributed by atoms with E-state index in [9.17, 15) is 4.79 Å². The first-order valence-corrected chi connectivity index (χ1v) is 6.48. The van der Waals surface area contributed by atoms with E-state index in [1.807, 2.05) is 31.3 Å². The zero-order valence-corrected chi connectivity index (χ0v) is 11.1. The second-order valence-corrected chi connectivity index (χ2v) is 5.01. The second kappa shape index (κ2) is 4.70. The molecule has 1 aliphatic rings. The maximum absolute atomic E-state index is 12.1. The quantitative estimate of drug-likeness (QED) is 0.792. The van der Waals surface area contributed by atoms with E-state index >= 15 is 0 Å². The third kappa shape index (κ3) is 2.12. The predicted molar refractivity (Wildman–Crippen MR) is 71.8 cm³/mol. The summed E-state index contributed by atoms with van der Waals surface area (Å²) in [6.45, 7) is 0. The molecule has 1 fully saturated rings. The number of furan rings is 1. The summed E-state index contributed by atoms with van der Waals surface area (Å²) in [5.74, 6) is -0.235. The number of rotatable bonds is 4. The van der Waals surface area contributed by atoms with Crippen molar-refractivity contribution in [1.29, 1.82) is 0 Å². The fourth-order valence-corrected chi connectivity index (χ4v) is 2.53. The van der Waals surface area contributed by atoms with Crippen LogP contribution in [-0.4, -0.2) is 31.1 Å². The van der Waals surface area contributed by atoms with Crippen LogP contribution in [-0.2, 0) is 9.53 Å². The Morgan fingerprint density at radius 2 is 2.16 bits per heavy atom. The number of ether oxygens (including phenoxy) is 1. The van der Waals surface area contributed by atoms with E-state index < -0.39 is 0 Å². The average molecular weight is 259 g/mol. The molecule has 1 heterocycles. The van der Waals surface area contributed by atoms with Gasteiger partial charge < -0.3 is 9.15 Å². The molecule has 2 aromatic rings. The monoisotopic (exact) mass is 259 g/mol. The van der Waals surface area contributed by atoms with E-state index in [-0.39, 0.29) is 12.0 Å². The van der Waals surface area contributed by atoms with Crippen LogP contribution in [0.25, 0.3) is 11.0 Å². The molecule has 0 spiro atoms. The minimum absolute atomic E-state index is 0.235. The summed E-state index contributed by atoms with van der Waals surface area (Å²) in [6, 6.07) is 7.84. The molecule has 0 aliphatic heterocycles. The average Bonchev–Trinajstić information content (AvgIpc) is 3.21. The minimum Gasteiger partial charge on any atom is -0.468 e. The van der Waals surface area contributed by atoms with Crippen molar-refractivity contribution in [2.75, 3.05) is 14.2 Å². The Bertz CT molecular complexity index is 600. The molecule has 1 saturated carbocycles. The number of para-hydroxylation sites is 1. The molecule has 19 heavy (non-hydrogen) atoms. The van der Waals surface area contributed by atoms with Crippen molar-refractivity contribution in [3.63, 3.8) is 0 Å². The summed E-state index contributed by atoms with van der Waals surface area (Å²) >= 11 is 0. The zero-order chi connectivity index (χ0) is 13.4. The number of carbonyl (C=O) groups excluding carboxylic acids is 1. The SMILES string of the molecule is COC(=O)C(c1coc2ccccc12)N(C)C1CC1. The molecule has 3 rings (SSSR count). The molecular formula is C15H17NO3. The van der Waals surface area contributed by atoms with Gasteiger partial charge in [0.25, 0.3) is 0 Å². The van der Waals surface area contributed by atoms with E-state index in [2.05, 4.69) is 4.90 Å². The number of likely N-dealkylation sites (N-methyl/N-ethyl adjacent to an activating group) is 1. The smallest absolute Gasteiger partial charge is 0.327 e. The number of methoxy groups -OCH3 is 1. The molecule has 0 N–H and O–H groups in total. The van der Waals surface area contributed by atoms with Gasteiger partial charge >= 0.3 is 5.97 Å². The molecule has 1 aromatic carbocycles. The van der Waals surface area contributed by atoms with Crippen molar-refractivity contribution in [2.45, 2.75) is 24.9 Å². The van der Waals surface area contributed by atoms with Gasteiger partial charge in [0, 0.05) is 17.0 Å². The van der Waals surface area contributed by atoms with Gasteiger partial charge in [-0.05, 0) is 26.0 Å². The Morgan fingerprint density at radius 3 is 2.84 bits per heavy atom. The summed E-state index contributed by atoms with van der Waals surface area (Å²) in [6.07, 6.45) is 3.95. The molecule has 100 valence electrons. The Morgan fingerprint density at radius 1 is 1.42 bits per heavy atom. The summed E-state index contributed by atoms with van der Waals surface area (Å²) < 4.78 is 10.5. The summed E-state index contributed by atoms with van der Waals surface area (Å²) in [5.41, 5.74) is 1.69. The summed E-state index contributed by atoms with van der Waals surface area (Å²) in [4.78, 5) is 14.2. The van der Waals surface area contributed by atoms with E-state index in [0.29, 0.717) is 6.04 Å². The lowest BCUT2D eigenvalue weighted by Gasteiger charge is -2.25. The number of fused-ring (bicyclic) bond motifs is 1. The van der Waals surface area contributed by atoms with Crippen molar-refractivity contribution < 1.29 is 13.9 Å². The first kappa shape index (κ1) is 12.2. The fourth-order valence-electron chi connectivity index (χ4n) is 2.53. The first-order chi connectivity index (χ1) is 9.22. The molecule has 1 aromatic heterocycles. The lowest BCUT2D eigenvalue weighted by Crippen LogP contribution is -2.33. The van der Waals surface area contributed by atoms with Gasteiger partial charge in [0.2, 0.25) is 0 Å². The highest BCUT2D eigenvalue weighted by atomic mass is 16.5. The minimum atomic E-state index is -0.388. The third-order valence-corrected chi connectivity index (χ3v) is 3.76. The fraction of sp³-hybridized carbons (Fsp3) is 0.400. The second-order valence-electron chi connectivity index (χ2n) is 5.01. The standard InChI is InChI=1S/C15H17NO3/c1-16(10-7-8-10)14(15(17)18-2)12-9-19-13-6-4-3-5-11(12)13/h3-6,9-10,14H,7-8H2,1-2H3. The molecule has 1 unspecified atom stereocenters. The zero-order valence-electron chi connectivity index (χ0n) is 11.1. The Labute approximate surface area is 111 Å². The maximum atomic E-state index is 12.1. The van der Waals surface area contributed by atoms with Gasteiger partial charge in [-0.3, -0.25) is 4.90 Å². The molecule has 4 heteroatoms.